The van der Waals surface area contributed by atoms with Crippen LogP contribution in [0.1, 0.15) is 68.2 Å². The molecule has 1 saturated heterocycles. The topological polar surface area (TPSA) is 40.5 Å². The third-order valence-corrected chi connectivity index (χ3v) is 8.52. The lowest BCUT2D eigenvalue weighted by Gasteiger charge is -2.46. The van der Waals surface area contributed by atoms with Gasteiger partial charge in [0.15, 0.2) is 0 Å². The molecule has 4 atom stereocenters. The molecule has 4 rings (SSSR count). The molecule has 0 amide bonds. The fourth-order valence-corrected chi connectivity index (χ4v) is 6.39. The van der Waals surface area contributed by atoms with Gasteiger partial charge in [0.1, 0.15) is 6.04 Å². The highest BCUT2D eigenvalue weighted by molar-refractivity contribution is 5.78. The molecule has 2 aromatic rings. The summed E-state index contributed by atoms with van der Waals surface area (Å²) in [5.41, 5.74) is -0.280. The number of nitrogens with zero attached hydrogens (tertiary/aromatic N) is 1. The third kappa shape index (κ3) is 8.51. The number of piperidine rings is 1. The number of alkyl halides is 9. The van der Waals surface area contributed by atoms with E-state index in [2.05, 4.69) is 0 Å². The lowest BCUT2D eigenvalue weighted by atomic mass is 9.75. The van der Waals surface area contributed by atoms with Crippen molar-refractivity contribution in [2.45, 2.75) is 83.1 Å². The number of hydrogen-bond donors (Lipinski definition) is 1. The molecule has 45 heavy (non-hydrogen) atoms. The molecule has 0 saturated carbocycles. The van der Waals surface area contributed by atoms with E-state index in [1.807, 2.05) is 13.8 Å². The smallest absolute Gasteiger partial charge is 0.416 e. The zero-order valence-electron chi connectivity index (χ0n) is 24.6. The highest BCUT2D eigenvalue weighted by Gasteiger charge is 2.49. The molecule has 1 aliphatic carbocycles. The van der Waals surface area contributed by atoms with Gasteiger partial charge in [0.2, 0.25) is 0 Å². The summed E-state index contributed by atoms with van der Waals surface area (Å²) in [5, 5.41) is 10.1. The highest BCUT2D eigenvalue weighted by Crippen LogP contribution is 2.44. The van der Waals surface area contributed by atoms with E-state index in [-0.39, 0.29) is 43.7 Å². The minimum absolute atomic E-state index is 0.0456. The van der Waals surface area contributed by atoms with Gasteiger partial charge in [-0.05, 0) is 90.5 Å². The fourth-order valence-electron chi connectivity index (χ4n) is 6.39. The molecule has 1 fully saturated rings. The predicted molar refractivity (Wildman–Crippen MR) is 151 cm³/mol. The van der Waals surface area contributed by atoms with Gasteiger partial charge in [0.05, 0.1) is 17.0 Å². The van der Waals surface area contributed by atoms with Gasteiger partial charge < -0.3 is 5.11 Å². The number of halogens is 9. The quantitative estimate of drug-likeness (QED) is 0.290. The second-order valence-electron chi connectivity index (χ2n) is 12.2. The maximum absolute atomic E-state index is 14.4. The number of carboxylic acid groups (broad SMARTS) is 1. The predicted octanol–water partition coefficient (Wildman–Crippen LogP) is 9.79. The van der Waals surface area contributed by atoms with Crippen LogP contribution in [0.4, 0.5) is 39.5 Å². The van der Waals surface area contributed by atoms with Crippen LogP contribution in [0.15, 0.2) is 66.3 Å². The van der Waals surface area contributed by atoms with Crippen molar-refractivity contribution in [3.63, 3.8) is 0 Å². The first-order chi connectivity index (χ1) is 20.8. The minimum Gasteiger partial charge on any atom is -0.481 e. The van der Waals surface area contributed by atoms with Crippen molar-refractivity contribution in [2.75, 3.05) is 0 Å². The van der Waals surface area contributed by atoms with Crippen LogP contribution >= 0.6 is 0 Å². The fraction of sp³-hybridized carbons (Fsp3) is 0.485. The summed E-state index contributed by atoms with van der Waals surface area (Å²) in [5.74, 6) is -2.81. The first-order valence-electron chi connectivity index (χ1n) is 14.7. The number of hydrogen-bond acceptors (Lipinski definition) is 2. The van der Waals surface area contributed by atoms with E-state index in [9.17, 15) is 49.4 Å². The van der Waals surface area contributed by atoms with Gasteiger partial charge in [-0.25, -0.2) is 0 Å². The molecule has 2 aromatic carbocycles. The average molecular weight is 648 g/mol. The first kappa shape index (κ1) is 34.6. The van der Waals surface area contributed by atoms with Crippen molar-refractivity contribution in [3.8, 4) is 0 Å². The molecule has 1 N–H and O–H groups in total. The second-order valence-corrected chi connectivity index (χ2v) is 12.2. The molecule has 3 nitrogen and oxygen atoms in total. The molecule has 1 heterocycles. The summed E-state index contributed by atoms with van der Waals surface area (Å²) in [7, 11) is 0. The summed E-state index contributed by atoms with van der Waals surface area (Å²) in [6.45, 7) is 3.37. The van der Waals surface area contributed by atoms with Crippen molar-refractivity contribution < 1.29 is 49.4 Å². The van der Waals surface area contributed by atoms with Crippen LogP contribution in [-0.2, 0) is 23.7 Å². The first-order valence-corrected chi connectivity index (χ1v) is 14.7. The monoisotopic (exact) mass is 647 g/mol. The van der Waals surface area contributed by atoms with Crippen LogP contribution < -0.4 is 0 Å². The highest BCUT2D eigenvalue weighted by atomic mass is 19.4. The van der Waals surface area contributed by atoms with E-state index < -0.39 is 59.5 Å². The van der Waals surface area contributed by atoms with E-state index in [4.69, 9.17) is 0 Å². The zero-order valence-corrected chi connectivity index (χ0v) is 24.6. The Morgan fingerprint density at radius 3 is 1.91 bits per heavy atom. The Bertz CT molecular complexity index is 1390. The number of allylic oxidation sites excluding steroid dienone is 2. The molecule has 12 heteroatoms. The standard InChI is InChI=1S/C33H34F9NO2/c1-19(2)14-27(30(44)45)23-15-22(21-8-12-26(13-9-21)32(37,38)39)16-24(17-23)28-4-3-5-29(33(40,41)42)43(28)18-20-6-10-25(11-7-20)31(34,35)36/h6-13,15,17,19,24,27-29H,3-5,14,16,18H2,1-2H3,(H,44,45). The van der Waals surface area contributed by atoms with Crippen LogP contribution in [0.5, 0.6) is 0 Å². The molecular formula is C33H34F9NO2. The van der Waals surface area contributed by atoms with Crippen LogP contribution in [-0.4, -0.2) is 34.2 Å². The van der Waals surface area contributed by atoms with Crippen molar-refractivity contribution >= 4 is 11.5 Å². The minimum atomic E-state index is -4.64. The summed E-state index contributed by atoms with van der Waals surface area (Å²) in [6.07, 6.45) is -9.85. The second kappa shape index (κ2) is 13.2. The van der Waals surface area contributed by atoms with Crippen LogP contribution in [0, 0.1) is 17.8 Å². The summed E-state index contributed by atoms with van der Waals surface area (Å²) >= 11 is 0. The van der Waals surface area contributed by atoms with Gasteiger partial charge in [0.25, 0.3) is 0 Å². The molecule has 0 spiro atoms. The number of aliphatic carboxylic acids is 1. The Balaban J connectivity index is 1.76. The molecular weight excluding hydrogens is 613 g/mol. The largest absolute Gasteiger partial charge is 0.481 e. The van der Waals surface area contributed by atoms with E-state index in [1.165, 1.54) is 17.0 Å². The summed E-state index contributed by atoms with van der Waals surface area (Å²) in [4.78, 5) is 13.6. The van der Waals surface area contributed by atoms with Gasteiger partial charge in [-0.15, -0.1) is 0 Å². The SMILES string of the molecule is CC(C)CC(C(=O)O)C1=CC(C2CCCC(C(F)(F)F)N2Cc2ccc(C(F)(F)F)cc2)CC(c2ccc(C(F)(F)F)cc2)=C1. The van der Waals surface area contributed by atoms with E-state index in [0.717, 1.165) is 36.4 Å². The normalized spacial score (nSPS) is 22.6. The maximum atomic E-state index is 14.4. The van der Waals surface area contributed by atoms with E-state index >= 15 is 0 Å². The van der Waals surface area contributed by atoms with Crippen LogP contribution in [0.3, 0.4) is 0 Å². The van der Waals surface area contributed by atoms with Crippen molar-refractivity contribution in [2.24, 2.45) is 17.8 Å². The Morgan fingerprint density at radius 1 is 0.867 bits per heavy atom. The van der Waals surface area contributed by atoms with Crippen LogP contribution in [0.2, 0.25) is 0 Å². The molecule has 246 valence electrons. The number of likely N-dealkylation sites (tertiary alicyclic amines) is 1. The maximum Gasteiger partial charge on any atom is 0.416 e. The molecule has 0 aromatic heterocycles. The Kier molecular flexibility index (Phi) is 10.2. The van der Waals surface area contributed by atoms with E-state index in [1.54, 1.807) is 12.2 Å². The lowest BCUT2D eigenvalue weighted by Crippen LogP contribution is -2.55. The third-order valence-electron chi connectivity index (χ3n) is 8.52. The van der Waals surface area contributed by atoms with Gasteiger partial charge >= 0.3 is 24.5 Å². The van der Waals surface area contributed by atoms with Gasteiger partial charge in [-0.1, -0.05) is 50.3 Å². The van der Waals surface area contributed by atoms with Crippen molar-refractivity contribution in [1.82, 2.24) is 4.90 Å². The van der Waals surface area contributed by atoms with Gasteiger partial charge in [-0.3, -0.25) is 9.69 Å². The Morgan fingerprint density at radius 2 is 1.42 bits per heavy atom. The summed E-state index contributed by atoms with van der Waals surface area (Å²) in [6, 6.07) is 5.65. The van der Waals surface area contributed by atoms with Crippen LogP contribution in [0.25, 0.3) is 5.57 Å². The Labute approximate surface area is 255 Å². The molecule has 1 aliphatic heterocycles. The van der Waals surface area contributed by atoms with Crippen molar-refractivity contribution in [3.05, 3.63) is 88.5 Å². The number of carboxylic acids is 1. The number of benzene rings is 2. The average Bonchev–Trinajstić information content (AvgIpc) is 2.94. The van der Waals surface area contributed by atoms with Crippen molar-refractivity contribution in [1.29, 1.82) is 0 Å². The lowest BCUT2D eigenvalue weighted by molar-refractivity contribution is -0.203. The molecule has 0 radical (unpaired) electrons. The molecule has 4 unspecified atom stereocenters. The number of rotatable bonds is 8. The van der Waals surface area contributed by atoms with Gasteiger partial charge in [0, 0.05) is 12.6 Å². The number of carbonyl (C=O) groups is 1. The van der Waals surface area contributed by atoms with Gasteiger partial charge in [-0.2, -0.15) is 39.5 Å². The molecule has 0 bridgehead atoms. The summed E-state index contributed by atoms with van der Waals surface area (Å²) < 4.78 is 122. The zero-order chi connectivity index (χ0) is 33.3. The van der Waals surface area contributed by atoms with E-state index in [0.29, 0.717) is 23.1 Å². The molecule has 2 aliphatic rings. The Hall–Kier alpha value is -3.28.